The lowest BCUT2D eigenvalue weighted by atomic mass is 9.74. The number of likely N-dealkylation sites (N-methyl/N-ethyl adjacent to an activating group) is 1. The molecule has 5 atom stereocenters. The topological polar surface area (TPSA) is 99.6 Å². The fourth-order valence-electron chi connectivity index (χ4n) is 5.98. The fraction of sp³-hybridized carbons (Fsp3) is 0.480. The number of ether oxygens (including phenoxy) is 2. The number of carbonyl (C=O) groups is 3. The van der Waals surface area contributed by atoms with Crippen molar-refractivity contribution in [3.8, 4) is 5.75 Å². The Kier molecular flexibility index (Phi) is 5.29. The zero-order chi connectivity index (χ0) is 24.3. The maximum absolute atomic E-state index is 14.1. The van der Waals surface area contributed by atoms with Crippen LogP contribution in [0.25, 0.3) is 0 Å². The standard InChI is InChI=1S/C25H29N3O6/c1-24-10-4-12-26(2)21(30)18(24)19-22(31)28(14-15-29)20-23(32)27(13-5-11-25(19,20)34-24)16-6-8-17(33-3)9-7-16/h4-11,18-20,29H,12-15H2,1-3H3/t18-,19+,20?,24+,25+/m1/s1. The van der Waals surface area contributed by atoms with Crippen molar-refractivity contribution in [3.63, 3.8) is 0 Å². The molecule has 180 valence electrons. The van der Waals surface area contributed by atoms with Gasteiger partial charge in [-0.3, -0.25) is 14.4 Å². The van der Waals surface area contributed by atoms with Gasteiger partial charge in [-0.05, 0) is 31.2 Å². The summed E-state index contributed by atoms with van der Waals surface area (Å²) in [4.78, 5) is 45.9. The molecule has 4 aliphatic heterocycles. The van der Waals surface area contributed by atoms with Gasteiger partial charge < -0.3 is 29.3 Å². The van der Waals surface area contributed by atoms with Gasteiger partial charge in [-0.25, -0.2) is 0 Å². The lowest BCUT2D eigenvalue weighted by molar-refractivity contribution is -0.148. The molecule has 0 bridgehead atoms. The van der Waals surface area contributed by atoms with Crippen LogP contribution in [-0.2, 0) is 19.1 Å². The smallest absolute Gasteiger partial charge is 0.253 e. The van der Waals surface area contributed by atoms with E-state index in [0.717, 1.165) is 0 Å². The summed E-state index contributed by atoms with van der Waals surface area (Å²) in [5, 5.41) is 9.74. The summed E-state index contributed by atoms with van der Waals surface area (Å²) in [5.41, 5.74) is -1.70. The van der Waals surface area contributed by atoms with E-state index in [9.17, 15) is 19.5 Å². The molecule has 1 spiro atoms. The summed E-state index contributed by atoms with van der Waals surface area (Å²) in [6, 6.07) is 6.11. The molecule has 1 aromatic rings. The van der Waals surface area contributed by atoms with Crippen LogP contribution in [0.1, 0.15) is 6.92 Å². The van der Waals surface area contributed by atoms with Crippen LogP contribution in [0.4, 0.5) is 5.69 Å². The van der Waals surface area contributed by atoms with E-state index in [1.165, 1.54) is 4.90 Å². The Hall–Kier alpha value is -3.17. The Bertz CT molecular complexity index is 1080. The van der Waals surface area contributed by atoms with Crippen molar-refractivity contribution in [3.05, 3.63) is 48.6 Å². The normalized spacial score (nSPS) is 34.6. The van der Waals surface area contributed by atoms with Crippen molar-refractivity contribution < 1.29 is 29.0 Å². The Morgan fingerprint density at radius 1 is 1.03 bits per heavy atom. The predicted octanol–water partition coefficient (Wildman–Crippen LogP) is 0.589. The average Bonchev–Trinajstić information content (AvgIpc) is 3.09. The first-order chi connectivity index (χ1) is 16.3. The van der Waals surface area contributed by atoms with E-state index in [-0.39, 0.29) is 37.4 Å². The SMILES string of the molecule is COc1ccc(N2CC=C[C@]34O[C@@]5(C)C=CCN(C)C(=O)[C@H]5[C@H]3C(=O)N(CCO)C4C2=O)cc1. The number of hydrogen-bond donors (Lipinski definition) is 1. The molecule has 9 nitrogen and oxygen atoms in total. The van der Waals surface area contributed by atoms with Crippen LogP contribution in [0.15, 0.2) is 48.6 Å². The van der Waals surface area contributed by atoms with Gasteiger partial charge in [-0.2, -0.15) is 0 Å². The third-order valence-corrected chi connectivity index (χ3v) is 7.48. The van der Waals surface area contributed by atoms with E-state index in [0.29, 0.717) is 18.0 Å². The summed E-state index contributed by atoms with van der Waals surface area (Å²) in [6.07, 6.45) is 7.33. The summed E-state index contributed by atoms with van der Waals surface area (Å²) in [6.45, 7) is 2.19. The maximum atomic E-state index is 14.1. The van der Waals surface area contributed by atoms with E-state index in [1.807, 2.05) is 25.2 Å². The van der Waals surface area contributed by atoms with Crippen molar-refractivity contribution >= 4 is 23.4 Å². The van der Waals surface area contributed by atoms with Gasteiger partial charge in [-0.15, -0.1) is 0 Å². The molecule has 1 N–H and O–H groups in total. The van der Waals surface area contributed by atoms with Crippen LogP contribution >= 0.6 is 0 Å². The Labute approximate surface area is 198 Å². The van der Waals surface area contributed by atoms with Crippen LogP contribution in [0.5, 0.6) is 5.75 Å². The number of carbonyl (C=O) groups excluding carboxylic acids is 3. The number of methoxy groups -OCH3 is 1. The number of rotatable bonds is 4. The largest absolute Gasteiger partial charge is 0.497 e. The number of fused-ring (bicyclic) bond motifs is 2. The molecule has 1 aromatic carbocycles. The van der Waals surface area contributed by atoms with E-state index < -0.39 is 29.1 Å². The number of likely N-dealkylation sites (tertiary alicyclic amines) is 1. The minimum Gasteiger partial charge on any atom is -0.497 e. The first-order valence-electron chi connectivity index (χ1n) is 11.4. The number of hydrogen-bond acceptors (Lipinski definition) is 6. The summed E-state index contributed by atoms with van der Waals surface area (Å²) in [5.74, 6) is -1.84. The molecule has 0 aromatic heterocycles. The highest BCUT2D eigenvalue weighted by Crippen LogP contribution is 2.57. The quantitative estimate of drug-likeness (QED) is 0.651. The Balaban J connectivity index is 1.62. The number of nitrogens with zero attached hydrogens (tertiary/aromatic N) is 3. The number of aliphatic hydroxyl groups excluding tert-OH is 1. The van der Waals surface area contributed by atoms with Gasteiger partial charge in [0.15, 0.2) is 0 Å². The molecule has 34 heavy (non-hydrogen) atoms. The Morgan fingerprint density at radius 3 is 2.41 bits per heavy atom. The average molecular weight is 468 g/mol. The van der Waals surface area contributed by atoms with Crippen molar-refractivity contribution in [1.29, 1.82) is 0 Å². The van der Waals surface area contributed by atoms with Gasteiger partial charge in [0.05, 0.1) is 31.2 Å². The summed E-state index contributed by atoms with van der Waals surface area (Å²) in [7, 11) is 3.27. The molecule has 1 unspecified atom stereocenters. The highest BCUT2D eigenvalue weighted by molar-refractivity contribution is 6.06. The monoisotopic (exact) mass is 467 g/mol. The molecule has 0 aliphatic carbocycles. The number of aliphatic hydroxyl groups is 1. The van der Waals surface area contributed by atoms with Gasteiger partial charge in [-0.1, -0.05) is 24.3 Å². The second kappa shape index (κ2) is 7.95. The first kappa shape index (κ1) is 22.6. The Morgan fingerprint density at radius 2 is 1.74 bits per heavy atom. The van der Waals surface area contributed by atoms with Gasteiger partial charge in [0.2, 0.25) is 11.8 Å². The summed E-state index contributed by atoms with van der Waals surface area (Å²) >= 11 is 0. The van der Waals surface area contributed by atoms with Crippen LogP contribution in [-0.4, -0.2) is 90.3 Å². The molecule has 0 radical (unpaired) electrons. The first-order valence-corrected chi connectivity index (χ1v) is 11.4. The highest BCUT2D eigenvalue weighted by atomic mass is 16.5. The zero-order valence-corrected chi connectivity index (χ0v) is 19.5. The predicted molar refractivity (Wildman–Crippen MR) is 123 cm³/mol. The maximum Gasteiger partial charge on any atom is 0.253 e. The molecule has 2 fully saturated rings. The van der Waals surface area contributed by atoms with Gasteiger partial charge in [0, 0.05) is 32.4 Å². The molecule has 5 rings (SSSR count). The minimum absolute atomic E-state index is 0.0234. The van der Waals surface area contributed by atoms with Crippen molar-refractivity contribution in [1.82, 2.24) is 9.80 Å². The lowest BCUT2D eigenvalue weighted by Crippen LogP contribution is -2.56. The van der Waals surface area contributed by atoms with Crippen molar-refractivity contribution in [2.45, 2.75) is 24.2 Å². The second-order valence-corrected chi connectivity index (χ2v) is 9.42. The molecule has 0 saturated carbocycles. The number of β-amino-alcohol motifs (C(OH)–C–C–N with tert-alkyl or cyclic N) is 1. The third kappa shape index (κ3) is 3.03. The second-order valence-electron chi connectivity index (χ2n) is 9.42. The third-order valence-electron chi connectivity index (χ3n) is 7.48. The molecule has 9 heteroatoms. The molecular weight excluding hydrogens is 438 g/mol. The van der Waals surface area contributed by atoms with E-state index in [4.69, 9.17) is 9.47 Å². The van der Waals surface area contributed by atoms with Crippen LogP contribution in [0, 0.1) is 11.8 Å². The fourth-order valence-corrected chi connectivity index (χ4v) is 5.98. The van der Waals surface area contributed by atoms with E-state index >= 15 is 0 Å². The molecular formula is C25H29N3O6. The molecule has 4 aliphatic rings. The van der Waals surface area contributed by atoms with Crippen molar-refractivity contribution in [2.24, 2.45) is 11.8 Å². The van der Waals surface area contributed by atoms with Crippen LogP contribution in [0.3, 0.4) is 0 Å². The van der Waals surface area contributed by atoms with Crippen molar-refractivity contribution in [2.75, 3.05) is 45.3 Å². The van der Waals surface area contributed by atoms with Gasteiger partial charge in [0.1, 0.15) is 17.4 Å². The number of benzene rings is 1. The number of amides is 3. The zero-order valence-electron chi connectivity index (χ0n) is 19.5. The van der Waals surface area contributed by atoms with E-state index in [2.05, 4.69) is 0 Å². The minimum atomic E-state index is -1.32. The lowest BCUT2D eigenvalue weighted by Gasteiger charge is -2.37. The van der Waals surface area contributed by atoms with Gasteiger partial charge >= 0.3 is 0 Å². The van der Waals surface area contributed by atoms with Gasteiger partial charge in [0.25, 0.3) is 5.91 Å². The molecule has 4 heterocycles. The highest BCUT2D eigenvalue weighted by Gasteiger charge is 2.74. The summed E-state index contributed by atoms with van der Waals surface area (Å²) < 4.78 is 11.9. The van der Waals surface area contributed by atoms with Crippen LogP contribution < -0.4 is 9.64 Å². The number of anilines is 1. The molecule has 3 amide bonds. The molecule has 2 saturated heterocycles. The van der Waals surface area contributed by atoms with E-state index in [1.54, 1.807) is 54.3 Å². The van der Waals surface area contributed by atoms with Crippen LogP contribution in [0.2, 0.25) is 0 Å².